The van der Waals surface area contributed by atoms with Gasteiger partial charge in [-0.1, -0.05) is 15.9 Å². The van der Waals surface area contributed by atoms with Crippen LogP contribution in [-0.4, -0.2) is 70.0 Å². The maximum Gasteiger partial charge on any atom is 0.353 e. The van der Waals surface area contributed by atoms with Gasteiger partial charge in [-0.25, -0.2) is 9.48 Å². The van der Waals surface area contributed by atoms with Crippen LogP contribution >= 0.6 is 39.5 Å². The van der Waals surface area contributed by atoms with Crippen LogP contribution in [0.3, 0.4) is 0 Å². The average molecular weight is 449 g/mol. The van der Waals surface area contributed by atoms with Gasteiger partial charge >= 0.3 is 5.97 Å². The zero-order valence-corrected chi connectivity index (χ0v) is 16.3. The molecule has 2 aliphatic heterocycles. The molecule has 10 nitrogen and oxygen atoms in total. The van der Waals surface area contributed by atoms with Crippen molar-refractivity contribution in [3.05, 3.63) is 10.6 Å². The molecule has 134 valence electrons. The van der Waals surface area contributed by atoms with Crippen LogP contribution in [0.4, 0.5) is 0 Å². The van der Waals surface area contributed by atoms with E-state index in [2.05, 4.69) is 36.8 Å². The number of β-lactam (4-membered cyclic amide) rings is 1. The van der Waals surface area contributed by atoms with Crippen molar-refractivity contribution in [3.8, 4) is 0 Å². The summed E-state index contributed by atoms with van der Waals surface area (Å²) in [5.41, 5.74) is -0.0846. The molecule has 0 aromatic carbocycles. The monoisotopic (exact) mass is 448 g/mol. The van der Waals surface area contributed by atoms with Gasteiger partial charge in [0.2, 0.25) is 11.1 Å². The summed E-state index contributed by atoms with van der Waals surface area (Å²) < 4.78 is 1.43. The summed E-state index contributed by atoms with van der Waals surface area (Å²) in [6.07, 6.45) is 0. The molecule has 0 saturated carbocycles. The first-order valence-corrected chi connectivity index (χ1v) is 9.94. The molecule has 0 spiro atoms. The predicted molar refractivity (Wildman–Crippen MR) is 92.7 cm³/mol. The van der Waals surface area contributed by atoms with E-state index < -0.39 is 23.3 Å². The van der Waals surface area contributed by atoms with E-state index in [1.165, 1.54) is 21.3 Å². The predicted octanol–water partition coefficient (Wildman–Crippen LogP) is -0.218. The number of aryl methyl sites for hydroxylation is 1. The maximum absolute atomic E-state index is 12.4. The van der Waals surface area contributed by atoms with E-state index in [-0.39, 0.29) is 22.2 Å². The number of fused-ring (bicyclic) bond motifs is 1. The highest BCUT2D eigenvalue weighted by atomic mass is 79.9. The topological polar surface area (TPSA) is 130 Å². The Hall–Kier alpha value is -1.60. The molecule has 3 heterocycles. The summed E-state index contributed by atoms with van der Waals surface area (Å²) in [4.78, 5) is 37.5. The molecular weight excluding hydrogens is 436 g/mol. The Bertz CT molecular complexity index is 783. The molecule has 2 aliphatic rings. The minimum atomic E-state index is -1.20. The lowest BCUT2D eigenvalue weighted by atomic mass is 10.0. The molecule has 0 bridgehead atoms. The minimum Gasteiger partial charge on any atom is -0.477 e. The van der Waals surface area contributed by atoms with Crippen LogP contribution in [0.15, 0.2) is 15.8 Å². The number of rotatable bonds is 5. The Morgan fingerprint density at radius 3 is 2.76 bits per heavy atom. The number of tetrazole rings is 1. The Labute approximate surface area is 158 Å². The first kappa shape index (κ1) is 18.2. The van der Waals surface area contributed by atoms with Gasteiger partial charge in [-0.05, 0) is 29.1 Å². The van der Waals surface area contributed by atoms with E-state index in [4.69, 9.17) is 0 Å². The van der Waals surface area contributed by atoms with Gasteiger partial charge < -0.3 is 10.4 Å². The highest BCUT2D eigenvalue weighted by Gasteiger charge is 2.55. The molecule has 25 heavy (non-hydrogen) atoms. The maximum atomic E-state index is 12.4. The fraction of sp³-hybridized carbons (Fsp3) is 0.500. The van der Waals surface area contributed by atoms with Gasteiger partial charge in [-0.15, -0.1) is 16.9 Å². The SMILES string of the molecule is CC1S[C@@H]2C(NC(=O)CBr)C(=O)N2C(C(=O)O)=C1Sc1nnnn1C. The number of carbonyl (C=O) groups is 3. The fourth-order valence-electron chi connectivity index (χ4n) is 2.51. The van der Waals surface area contributed by atoms with Crippen molar-refractivity contribution in [2.75, 3.05) is 5.33 Å². The average Bonchev–Trinajstić information content (AvgIpc) is 2.98. The number of carboxylic acids is 1. The number of amides is 2. The van der Waals surface area contributed by atoms with Crippen molar-refractivity contribution in [1.82, 2.24) is 30.4 Å². The van der Waals surface area contributed by atoms with E-state index in [1.54, 1.807) is 7.05 Å². The minimum absolute atomic E-state index is 0.0750. The number of carbonyl (C=O) groups excluding carboxylic acids is 2. The molecular formula is C12H13BrN6O4S2. The van der Waals surface area contributed by atoms with E-state index in [1.807, 2.05) is 6.92 Å². The number of nitrogens with one attached hydrogen (secondary N) is 1. The second-order valence-corrected chi connectivity index (χ2v) is 8.29. The number of hydrogen-bond donors (Lipinski definition) is 2. The molecule has 2 unspecified atom stereocenters. The van der Waals surface area contributed by atoms with Crippen molar-refractivity contribution < 1.29 is 19.5 Å². The molecule has 1 fully saturated rings. The Balaban J connectivity index is 1.93. The van der Waals surface area contributed by atoms with Crippen molar-refractivity contribution in [3.63, 3.8) is 0 Å². The molecule has 3 rings (SSSR count). The molecule has 1 saturated heterocycles. The van der Waals surface area contributed by atoms with E-state index >= 15 is 0 Å². The van der Waals surface area contributed by atoms with Gasteiger partial charge in [0.25, 0.3) is 5.91 Å². The molecule has 0 radical (unpaired) electrons. The number of carboxylic acid groups (broad SMARTS) is 1. The number of hydrogen-bond acceptors (Lipinski definition) is 8. The molecule has 13 heteroatoms. The lowest BCUT2D eigenvalue weighted by Gasteiger charge is -2.50. The quantitative estimate of drug-likeness (QED) is 0.463. The molecule has 2 N–H and O–H groups in total. The molecule has 2 amide bonds. The van der Waals surface area contributed by atoms with Gasteiger partial charge in [0.05, 0.1) is 5.33 Å². The number of nitrogens with zero attached hydrogens (tertiary/aromatic N) is 5. The third-order valence-electron chi connectivity index (χ3n) is 3.65. The standard InChI is InChI=1S/C12H13BrN6O4S2/c1-4-8(25-12-15-16-17-18(12)2)7(11(22)23)19-9(21)6(10(19)24-4)14-5(20)3-13/h4,6,10H,3H2,1-2H3,(H,14,20)(H,22,23)/t4?,6?,10-/m1/s1. The van der Waals surface area contributed by atoms with E-state index in [0.717, 1.165) is 11.8 Å². The van der Waals surface area contributed by atoms with Gasteiger partial charge in [0.1, 0.15) is 17.1 Å². The first-order chi connectivity index (χ1) is 11.8. The van der Waals surface area contributed by atoms with Crippen molar-refractivity contribution >= 4 is 57.2 Å². The van der Waals surface area contributed by atoms with Crippen LogP contribution in [0.5, 0.6) is 0 Å². The van der Waals surface area contributed by atoms with Crippen molar-refractivity contribution in [1.29, 1.82) is 0 Å². The second-order valence-electron chi connectivity index (χ2n) is 5.26. The normalized spacial score (nSPS) is 25.5. The van der Waals surface area contributed by atoms with Crippen molar-refractivity contribution in [2.45, 2.75) is 28.7 Å². The third-order valence-corrected chi connectivity index (χ3v) is 7.01. The number of halogens is 1. The lowest BCUT2D eigenvalue weighted by Crippen LogP contribution is -2.71. The Morgan fingerprint density at radius 1 is 1.48 bits per heavy atom. The number of aliphatic carboxylic acids is 1. The summed E-state index contributed by atoms with van der Waals surface area (Å²) in [5.74, 6) is -1.96. The Morgan fingerprint density at radius 2 is 2.20 bits per heavy atom. The van der Waals surface area contributed by atoms with Crippen LogP contribution in [0, 0.1) is 0 Å². The highest BCUT2D eigenvalue weighted by Crippen LogP contribution is 2.48. The van der Waals surface area contributed by atoms with Gasteiger partial charge in [0.15, 0.2) is 0 Å². The second kappa shape index (κ2) is 6.96. The van der Waals surface area contributed by atoms with E-state index in [0.29, 0.717) is 10.1 Å². The summed E-state index contributed by atoms with van der Waals surface area (Å²) in [5, 5.41) is 23.2. The number of alkyl halides is 1. The van der Waals surface area contributed by atoms with E-state index in [9.17, 15) is 19.5 Å². The summed E-state index contributed by atoms with van der Waals surface area (Å²) >= 11 is 5.56. The third kappa shape index (κ3) is 3.15. The summed E-state index contributed by atoms with van der Waals surface area (Å²) in [6, 6.07) is -0.727. The number of aromatic nitrogens is 4. The highest BCUT2D eigenvalue weighted by molar-refractivity contribution is 9.09. The van der Waals surface area contributed by atoms with Crippen LogP contribution in [0.25, 0.3) is 0 Å². The smallest absolute Gasteiger partial charge is 0.353 e. The van der Waals surface area contributed by atoms with Gasteiger partial charge in [0, 0.05) is 17.2 Å². The van der Waals surface area contributed by atoms with Crippen LogP contribution in [0.1, 0.15) is 6.92 Å². The Kier molecular flexibility index (Phi) is 5.06. The first-order valence-electron chi connectivity index (χ1n) is 7.06. The van der Waals surface area contributed by atoms with Gasteiger partial charge in [-0.2, -0.15) is 0 Å². The largest absolute Gasteiger partial charge is 0.477 e. The van der Waals surface area contributed by atoms with Crippen molar-refractivity contribution in [2.24, 2.45) is 7.05 Å². The summed E-state index contributed by atoms with van der Waals surface area (Å²) in [6.45, 7) is 1.85. The van der Waals surface area contributed by atoms with Crippen LogP contribution in [0.2, 0.25) is 0 Å². The number of thioether (sulfide) groups is 2. The van der Waals surface area contributed by atoms with Crippen LogP contribution in [-0.2, 0) is 21.4 Å². The van der Waals surface area contributed by atoms with Crippen LogP contribution < -0.4 is 5.32 Å². The molecule has 1 aromatic rings. The zero-order valence-electron chi connectivity index (χ0n) is 13.0. The molecule has 1 aromatic heterocycles. The van der Waals surface area contributed by atoms with Gasteiger partial charge in [-0.3, -0.25) is 14.5 Å². The zero-order chi connectivity index (χ0) is 18.3. The summed E-state index contributed by atoms with van der Waals surface area (Å²) in [7, 11) is 1.65. The molecule has 0 aliphatic carbocycles. The molecule has 3 atom stereocenters. The lowest BCUT2D eigenvalue weighted by molar-refractivity contribution is -0.150. The fourth-order valence-corrected chi connectivity index (χ4v) is 5.20.